The van der Waals surface area contributed by atoms with Crippen LogP contribution in [-0.2, 0) is 13.0 Å². The number of hydrogen-bond acceptors (Lipinski definition) is 5. The smallest absolute Gasteiger partial charge is 0.216 e. The molecule has 142 valence electrons. The standard InChI is InChI=1S/C20H25N5OS/c1-4-21-20(22-10-9-17-13-27-15(3)25-17)24-12-19-23-11-18(26-19)16-7-5-14(2)6-8-16/h5-8,11,13H,4,9-10,12H2,1-3H3,(H2,21,22,24). The van der Waals surface area contributed by atoms with Crippen molar-refractivity contribution < 1.29 is 4.42 Å². The minimum Gasteiger partial charge on any atom is -0.439 e. The van der Waals surface area contributed by atoms with Crippen LogP contribution in [0.15, 0.2) is 45.3 Å². The Kier molecular flexibility index (Phi) is 6.59. The molecule has 0 radical (unpaired) electrons. The number of rotatable bonds is 7. The van der Waals surface area contributed by atoms with Crippen LogP contribution in [0.2, 0.25) is 0 Å². The van der Waals surface area contributed by atoms with E-state index in [1.165, 1.54) is 5.56 Å². The van der Waals surface area contributed by atoms with Gasteiger partial charge in [0.2, 0.25) is 5.89 Å². The molecule has 0 saturated carbocycles. The van der Waals surface area contributed by atoms with Crippen LogP contribution in [-0.4, -0.2) is 29.0 Å². The first-order chi connectivity index (χ1) is 13.1. The van der Waals surface area contributed by atoms with Gasteiger partial charge in [-0.2, -0.15) is 0 Å². The molecule has 7 heteroatoms. The molecule has 0 spiro atoms. The van der Waals surface area contributed by atoms with Gasteiger partial charge in [0.1, 0.15) is 6.54 Å². The highest BCUT2D eigenvalue weighted by Crippen LogP contribution is 2.21. The molecule has 3 rings (SSSR count). The summed E-state index contributed by atoms with van der Waals surface area (Å²) in [6, 6.07) is 8.20. The van der Waals surface area contributed by atoms with E-state index in [0.717, 1.165) is 47.5 Å². The molecule has 3 aromatic rings. The number of aliphatic imine (C=N–C) groups is 1. The van der Waals surface area contributed by atoms with E-state index in [1.54, 1.807) is 17.5 Å². The zero-order valence-corrected chi connectivity index (χ0v) is 16.8. The Balaban J connectivity index is 1.57. The van der Waals surface area contributed by atoms with Crippen LogP contribution in [0.1, 0.15) is 29.1 Å². The van der Waals surface area contributed by atoms with E-state index in [4.69, 9.17) is 4.42 Å². The van der Waals surface area contributed by atoms with Crippen molar-refractivity contribution in [1.82, 2.24) is 20.6 Å². The van der Waals surface area contributed by atoms with E-state index in [1.807, 2.05) is 26.0 Å². The number of aryl methyl sites for hydroxylation is 2. The summed E-state index contributed by atoms with van der Waals surface area (Å²) in [6.07, 6.45) is 2.62. The molecule has 0 aliphatic carbocycles. The number of nitrogens with one attached hydrogen (secondary N) is 2. The number of thiazole rings is 1. The quantitative estimate of drug-likeness (QED) is 0.480. The molecule has 2 N–H and O–H groups in total. The van der Waals surface area contributed by atoms with Crippen molar-refractivity contribution in [3.8, 4) is 11.3 Å². The fourth-order valence-electron chi connectivity index (χ4n) is 2.56. The summed E-state index contributed by atoms with van der Waals surface area (Å²) < 4.78 is 5.83. The van der Waals surface area contributed by atoms with Crippen molar-refractivity contribution >= 4 is 17.3 Å². The summed E-state index contributed by atoms with van der Waals surface area (Å²) in [6.45, 7) is 8.08. The second kappa shape index (κ2) is 9.32. The molecule has 0 unspecified atom stereocenters. The normalized spacial score (nSPS) is 11.6. The molecule has 0 fully saturated rings. The van der Waals surface area contributed by atoms with Gasteiger partial charge in [-0.25, -0.2) is 15.0 Å². The molecular weight excluding hydrogens is 358 g/mol. The third kappa shape index (κ3) is 5.65. The Morgan fingerprint density at radius 1 is 1.19 bits per heavy atom. The van der Waals surface area contributed by atoms with Crippen LogP contribution in [0.3, 0.4) is 0 Å². The fraction of sp³-hybridized carbons (Fsp3) is 0.350. The van der Waals surface area contributed by atoms with Crippen LogP contribution in [0.4, 0.5) is 0 Å². The van der Waals surface area contributed by atoms with Crippen LogP contribution in [0.25, 0.3) is 11.3 Å². The summed E-state index contributed by atoms with van der Waals surface area (Å²) in [5, 5.41) is 9.76. The highest BCUT2D eigenvalue weighted by molar-refractivity contribution is 7.09. The van der Waals surface area contributed by atoms with E-state index in [9.17, 15) is 0 Å². The van der Waals surface area contributed by atoms with Crippen molar-refractivity contribution in [3.63, 3.8) is 0 Å². The monoisotopic (exact) mass is 383 g/mol. The summed E-state index contributed by atoms with van der Waals surface area (Å²) >= 11 is 1.68. The molecule has 27 heavy (non-hydrogen) atoms. The van der Waals surface area contributed by atoms with Crippen LogP contribution in [0.5, 0.6) is 0 Å². The van der Waals surface area contributed by atoms with Gasteiger partial charge < -0.3 is 15.1 Å². The van der Waals surface area contributed by atoms with Gasteiger partial charge in [0.15, 0.2) is 11.7 Å². The number of hydrogen-bond donors (Lipinski definition) is 2. The summed E-state index contributed by atoms with van der Waals surface area (Å²) in [4.78, 5) is 13.4. The fourth-order valence-corrected chi connectivity index (χ4v) is 3.20. The summed E-state index contributed by atoms with van der Waals surface area (Å²) in [5.41, 5.74) is 3.35. The maximum Gasteiger partial charge on any atom is 0.216 e. The van der Waals surface area contributed by atoms with Crippen molar-refractivity contribution in [3.05, 3.63) is 58.0 Å². The second-order valence-corrected chi connectivity index (χ2v) is 7.28. The molecule has 2 aromatic heterocycles. The molecule has 0 atom stereocenters. The molecule has 0 amide bonds. The molecule has 1 aromatic carbocycles. The highest BCUT2D eigenvalue weighted by Gasteiger charge is 2.07. The Hall–Kier alpha value is -2.67. The summed E-state index contributed by atoms with van der Waals surface area (Å²) in [7, 11) is 0. The van der Waals surface area contributed by atoms with Gasteiger partial charge in [-0.1, -0.05) is 29.8 Å². The van der Waals surface area contributed by atoms with E-state index in [0.29, 0.717) is 12.4 Å². The topological polar surface area (TPSA) is 75.3 Å². The van der Waals surface area contributed by atoms with Gasteiger partial charge in [-0.3, -0.25) is 0 Å². The molecule has 6 nitrogen and oxygen atoms in total. The third-order valence-electron chi connectivity index (χ3n) is 3.95. The first-order valence-corrected chi connectivity index (χ1v) is 9.97. The zero-order valence-electron chi connectivity index (χ0n) is 16.0. The molecule has 0 aliphatic rings. The lowest BCUT2D eigenvalue weighted by Gasteiger charge is -2.10. The molecule has 0 aliphatic heterocycles. The lowest BCUT2D eigenvalue weighted by Crippen LogP contribution is -2.38. The van der Waals surface area contributed by atoms with Crippen molar-refractivity contribution in [1.29, 1.82) is 0 Å². The van der Waals surface area contributed by atoms with Crippen molar-refractivity contribution in [2.45, 2.75) is 33.7 Å². The van der Waals surface area contributed by atoms with Crippen LogP contribution in [0, 0.1) is 13.8 Å². The predicted molar refractivity (Wildman–Crippen MR) is 110 cm³/mol. The minimum absolute atomic E-state index is 0.386. The Morgan fingerprint density at radius 2 is 2.00 bits per heavy atom. The number of aromatic nitrogens is 2. The first-order valence-electron chi connectivity index (χ1n) is 9.09. The maximum atomic E-state index is 5.83. The highest BCUT2D eigenvalue weighted by atomic mass is 32.1. The molecular formula is C20H25N5OS. The van der Waals surface area contributed by atoms with E-state index in [-0.39, 0.29) is 0 Å². The molecule has 0 saturated heterocycles. The zero-order chi connectivity index (χ0) is 19.1. The van der Waals surface area contributed by atoms with Gasteiger partial charge in [-0.15, -0.1) is 11.3 Å². The SMILES string of the molecule is CCNC(=NCc1ncc(-c2ccc(C)cc2)o1)NCCc1csc(C)n1. The van der Waals surface area contributed by atoms with Gasteiger partial charge in [0, 0.05) is 30.5 Å². The number of nitrogens with zero attached hydrogens (tertiary/aromatic N) is 3. The van der Waals surface area contributed by atoms with Gasteiger partial charge in [0.05, 0.1) is 16.9 Å². The van der Waals surface area contributed by atoms with Gasteiger partial charge in [-0.05, 0) is 20.8 Å². The number of guanidine groups is 1. The predicted octanol–water partition coefficient (Wildman–Crippen LogP) is 3.71. The lowest BCUT2D eigenvalue weighted by atomic mass is 10.1. The maximum absolute atomic E-state index is 5.83. The number of oxazole rings is 1. The third-order valence-corrected chi connectivity index (χ3v) is 4.77. The summed E-state index contributed by atoms with van der Waals surface area (Å²) in [5.74, 6) is 2.11. The second-order valence-electron chi connectivity index (χ2n) is 6.21. The average Bonchev–Trinajstić information content (AvgIpc) is 3.29. The van der Waals surface area contributed by atoms with Gasteiger partial charge >= 0.3 is 0 Å². The first kappa shape index (κ1) is 19.1. The minimum atomic E-state index is 0.386. The van der Waals surface area contributed by atoms with Crippen molar-refractivity contribution in [2.75, 3.05) is 13.1 Å². The Morgan fingerprint density at radius 3 is 2.70 bits per heavy atom. The van der Waals surface area contributed by atoms with E-state index < -0.39 is 0 Å². The van der Waals surface area contributed by atoms with Crippen LogP contribution < -0.4 is 10.6 Å². The lowest BCUT2D eigenvalue weighted by molar-refractivity contribution is 0.509. The average molecular weight is 384 g/mol. The van der Waals surface area contributed by atoms with E-state index in [2.05, 4.69) is 50.0 Å². The van der Waals surface area contributed by atoms with Gasteiger partial charge in [0.25, 0.3) is 0 Å². The van der Waals surface area contributed by atoms with Crippen molar-refractivity contribution in [2.24, 2.45) is 4.99 Å². The Labute approximate surface area is 163 Å². The molecule has 2 heterocycles. The molecule has 0 bridgehead atoms. The van der Waals surface area contributed by atoms with E-state index >= 15 is 0 Å². The largest absolute Gasteiger partial charge is 0.439 e. The number of benzene rings is 1. The Bertz CT molecular complexity index is 882. The van der Waals surface area contributed by atoms with Crippen LogP contribution >= 0.6 is 11.3 Å².